The van der Waals surface area contributed by atoms with Crippen LogP contribution in [0.2, 0.25) is 0 Å². The summed E-state index contributed by atoms with van der Waals surface area (Å²) in [6, 6.07) is 15.2. The van der Waals surface area contributed by atoms with E-state index in [2.05, 4.69) is 10.1 Å². The Kier molecular flexibility index (Phi) is 7.85. The van der Waals surface area contributed by atoms with Crippen LogP contribution < -0.4 is 9.47 Å². The molecule has 3 aliphatic heterocycles. The van der Waals surface area contributed by atoms with E-state index in [0.717, 1.165) is 17.3 Å². The Morgan fingerprint density at radius 1 is 1.13 bits per heavy atom. The van der Waals surface area contributed by atoms with Gasteiger partial charge in [-0.2, -0.15) is 15.1 Å². The highest BCUT2D eigenvalue weighted by atomic mass is 32.2. The number of carbonyl (C=O) groups is 2. The number of amidine groups is 2. The van der Waals surface area contributed by atoms with E-state index < -0.39 is 5.91 Å². The lowest BCUT2D eigenvalue weighted by molar-refractivity contribution is -0.133. The van der Waals surface area contributed by atoms with Crippen molar-refractivity contribution < 1.29 is 23.8 Å². The molecule has 0 aromatic heterocycles. The van der Waals surface area contributed by atoms with Crippen molar-refractivity contribution in [2.45, 2.75) is 20.0 Å². The van der Waals surface area contributed by atoms with Gasteiger partial charge < -0.3 is 19.1 Å². The molecule has 0 atom stereocenters. The molecule has 0 bridgehead atoms. The van der Waals surface area contributed by atoms with Crippen molar-refractivity contribution in [1.29, 1.82) is 5.41 Å². The molecule has 0 aliphatic carbocycles. The van der Waals surface area contributed by atoms with Gasteiger partial charge in [0.25, 0.3) is 5.91 Å². The standard InChI is InChI=1S/C27H27N5O5S/c1-2-36-22-15-19(8-9-21(22)37-17-18-6-4-3-5-7-18)14-20-25(28)32-27(29-26(20)34)38-23(30-32)16-24(33)31-10-12-35-13-11-31/h3-9,14-15,28H,2,10-13,16-17H2,1H3/b20-14-,28-25?. The molecule has 2 aromatic carbocycles. The first kappa shape index (κ1) is 25.7. The molecule has 3 heterocycles. The molecule has 0 saturated carbocycles. The predicted octanol–water partition coefficient (Wildman–Crippen LogP) is 3.53. The first-order valence-corrected chi connectivity index (χ1v) is 13.1. The van der Waals surface area contributed by atoms with Crippen molar-refractivity contribution in [3.05, 3.63) is 65.2 Å². The minimum absolute atomic E-state index is 0.0633. The van der Waals surface area contributed by atoms with Crippen LogP contribution in [-0.2, 0) is 20.9 Å². The lowest BCUT2D eigenvalue weighted by atomic mass is 10.1. The number of benzene rings is 2. The molecule has 1 fully saturated rings. The summed E-state index contributed by atoms with van der Waals surface area (Å²) in [7, 11) is 0. The molecule has 0 unspecified atom stereocenters. The van der Waals surface area contributed by atoms with Crippen molar-refractivity contribution in [3.63, 3.8) is 0 Å². The number of ether oxygens (including phenoxy) is 3. The van der Waals surface area contributed by atoms with Crippen LogP contribution in [0.5, 0.6) is 11.5 Å². The minimum atomic E-state index is -0.535. The lowest BCUT2D eigenvalue weighted by Gasteiger charge is -2.26. The number of aliphatic imine (C=N–C) groups is 1. The zero-order valence-corrected chi connectivity index (χ0v) is 21.7. The number of fused-ring (bicyclic) bond motifs is 1. The maximum Gasteiger partial charge on any atom is 0.283 e. The normalized spacial score (nSPS) is 18.3. The molecule has 196 valence electrons. The van der Waals surface area contributed by atoms with Gasteiger partial charge >= 0.3 is 0 Å². The molecule has 0 radical (unpaired) electrons. The summed E-state index contributed by atoms with van der Waals surface area (Å²) < 4.78 is 17.0. The van der Waals surface area contributed by atoms with E-state index in [-0.39, 0.29) is 28.9 Å². The average Bonchev–Trinajstić information content (AvgIpc) is 3.34. The molecule has 10 nitrogen and oxygen atoms in total. The molecule has 2 aromatic rings. The topological polar surface area (TPSA) is 117 Å². The van der Waals surface area contributed by atoms with Crippen LogP contribution in [0.4, 0.5) is 0 Å². The Bertz CT molecular complexity index is 1330. The van der Waals surface area contributed by atoms with Gasteiger partial charge in [0.2, 0.25) is 11.1 Å². The predicted molar refractivity (Wildman–Crippen MR) is 145 cm³/mol. The average molecular weight is 534 g/mol. The molecule has 11 heteroatoms. The molecule has 1 saturated heterocycles. The number of nitrogens with one attached hydrogen (secondary N) is 1. The molecule has 0 spiro atoms. The Labute approximate surface area is 224 Å². The maximum atomic E-state index is 12.8. The minimum Gasteiger partial charge on any atom is -0.490 e. The molecule has 38 heavy (non-hydrogen) atoms. The summed E-state index contributed by atoms with van der Waals surface area (Å²) in [4.78, 5) is 31.3. The van der Waals surface area contributed by atoms with E-state index >= 15 is 0 Å². The fourth-order valence-electron chi connectivity index (χ4n) is 4.06. The van der Waals surface area contributed by atoms with Crippen LogP contribution in [0.25, 0.3) is 6.08 Å². The monoisotopic (exact) mass is 533 g/mol. The summed E-state index contributed by atoms with van der Waals surface area (Å²) in [5, 5.41) is 15.1. The van der Waals surface area contributed by atoms with E-state index in [1.807, 2.05) is 37.3 Å². The molecular weight excluding hydrogens is 506 g/mol. The molecule has 5 rings (SSSR count). The quantitative estimate of drug-likeness (QED) is 0.516. The van der Waals surface area contributed by atoms with Crippen LogP contribution in [0.15, 0.2) is 64.2 Å². The van der Waals surface area contributed by atoms with Gasteiger partial charge in [-0.05, 0) is 48.0 Å². The highest BCUT2D eigenvalue weighted by molar-refractivity contribution is 8.27. The molecular formula is C27H27N5O5S. The van der Waals surface area contributed by atoms with E-state index in [4.69, 9.17) is 19.6 Å². The SMILES string of the molecule is CCOc1cc(/C=C2/C(=N)N3N=C(CC(=O)N4CCOCC4)SC3=NC2=O)ccc1OCc1ccccc1. The highest BCUT2D eigenvalue weighted by Gasteiger charge is 2.36. The Hall–Kier alpha value is -3.96. The Balaban J connectivity index is 1.31. The lowest BCUT2D eigenvalue weighted by Crippen LogP contribution is -2.41. The van der Waals surface area contributed by atoms with E-state index in [1.165, 1.54) is 5.01 Å². The number of hydrazone groups is 1. The Morgan fingerprint density at radius 3 is 2.68 bits per heavy atom. The van der Waals surface area contributed by atoms with Crippen LogP contribution in [0, 0.1) is 5.41 Å². The number of thioether (sulfide) groups is 1. The fourth-order valence-corrected chi connectivity index (χ4v) is 4.94. The van der Waals surface area contributed by atoms with Crippen molar-refractivity contribution in [2.75, 3.05) is 32.9 Å². The number of rotatable bonds is 8. The van der Waals surface area contributed by atoms with Gasteiger partial charge in [0, 0.05) is 13.1 Å². The van der Waals surface area contributed by atoms with Gasteiger partial charge in [-0.25, -0.2) is 0 Å². The van der Waals surface area contributed by atoms with Gasteiger partial charge in [-0.1, -0.05) is 36.4 Å². The van der Waals surface area contributed by atoms with E-state index in [1.54, 1.807) is 29.2 Å². The van der Waals surface area contributed by atoms with Gasteiger partial charge in [-0.3, -0.25) is 15.0 Å². The smallest absolute Gasteiger partial charge is 0.283 e. The van der Waals surface area contributed by atoms with Crippen molar-refractivity contribution >= 4 is 45.7 Å². The third-order valence-corrected chi connectivity index (χ3v) is 6.89. The van der Waals surface area contributed by atoms with Crippen LogP contribution in [0.3, 0.4) is 0 Å². The third kappa shape index (κ3) is 5.79. The summed E-state index contributed by atoms with van der Waals surface area (Å²) in [6.45, 7) is 4.84. The number of hydrogen-bond donors (Lipinski definition) is 1. The number of morpholine rings is 1. The van der Waals surface area contributed by atoms with Gasteiger partial charge in [-0.15, -0.1) is 0 Å². The molecule has 1 N–H and O–H groups in total. The van der Waals surface area contributed by atoms with Crippen molar-refractivity contribution in [3.8, 4) is 11.5 Å². The summed E-state index contributed by atoms with van der Waals surface area (Å²) >= 11 is 1.14. The second-order valence-corrected chi connectivity index (χ2v) is 9.64. The zero-order chi connectivity index (χ0) is 26.5. The van der Waals surface area contributed by atoms with Crippen molar-refractivity contribution in [1.82, 2.24) is 9.91 Å². The van der Waals surface area contributed by atoms with E-state index in [0.29, 0.717) is 61.6 Å². The molecule has 3 aliphatic rings. The number of nitrogens with zero attached hydrogens (tertiary/aromatic N) is 4. The summed E-state index contributed by atoms with van der Waals surface area (Å²) in [5.74, 6) is 0.427. The Morgan fingerprint density at radius 2 is 1.92 bits per heavy atom. The second kappa shape index (κ2) is 11.6. The molecule has 2 amide bonds. The van der Waals surface area contributed by atoms with Crippen LogP contribution in [-0.4, -0.2) is 70.7 Å². The summed E-state index contributed by atoms with van der Waals surface area (Å²) in [6.07, 6.45) is 1.67. The first-order valence-electron chi connectivity index (χ1n) is 12.3. The van der Waals surface area contributed by atoms with E-state index in [9.17, 15) is 9.59 Å². The second-order valence-electron chi connectivity index (χ2n) is 8.60. The van der Waals surface area contributed by atoms with Crippen LogP contribution >= 0.6 is 11.8 Å². The maximum absolute atomic E-state index is 12.8. The zero-order valence-electron chi connectivity index (χ0n) is 20.9. The van der Waals surface area contributed by atoms with Gasteiger partial charge in [0.05, 0.1) is 31.8 Å². The van der Waals surface area contributed by atoms with Crippen molar-refractivity contribution in [2.24, 2.45) is 10.1 Å². The number of hydrogen-bond acceptors (Lipinski definition) is 8. The van der Waals surface area contributed by atoms with Gasteiger partial charge in [0.15, 0.2) is 17.3 Å². The largest absolute Gasteiger partial charge is 0.490 e. The third-order valence-electron chi connectivity index (χ3n) is 5.98. The number of carbonyl (C=O) groups excluding carboxylic acids is 2. The number of amides is 2. The highest BCUT2D eigenvalue weighted by Crippen LogP contribution is 2.33. The fraction of sp³-hybridized carbons (Fsp3) is 0.296. The van der Waals surface area contributed by atoms with Crippen LogP contribution in [0.1, 0.15) is 24.5 Å². The van der Waals surface area contributed by atoms with Gasteiger partial charge in [0.1, 0.15) is 11.7 Å². The summed E-state index contributed by atoms with van der Waals surface area (Å²) in [5.41, 5.74) is 1.79. The first-order chi connectivity index (χ1) is 18.5.